The predicted octanol–water partition coefficient (Wildman–Crippen LogP) is 4.18. The molecule has 0 saturated carbocycles. The van der Waals surface area contributed by atoms with Crippen molar-refractivity contribution in [3.63, 3.8) is 0 Å². The van der Waals surface area contributed by atoms with Crippen molar-refractivity contribution in [2.24, 2.45) is 5.41 Å². The Morgan fingerprint density at radius 3 is 2.78 bits per heavy atom. The van der Waals surface area contributed by atoms with Crippen molar-refractivity contribution in [3.8, 4) is 6.07 Å². The van der Waals surface area contributed by atoms with E-state index in [1.165, 1.54) is 0 Å². The Bertz CT molecular complexity index is 481. The largest absolute Gasteiger partial charge is 0.367 e. The van der Waals surface area contributed by atoms with Gasteiger partial charge in [0.05, 0.1) is 6.07 Å². The molecule has 0 aliphatic carbocycles. The molecule has 0 radical (unpaired) electrons. The Morgan fingerprint density at radius 2 is 2.17 bits per heavy atom. The number of hydrogen-bond donors (Lipinski definition) is 1. The smallest absolute Gasteiger partial charge is 0.135 e. The van der Waals surface area contributed by atoms with Gasteiger partial charge in [0.25, 0.3) is 0 Å². The van der Waals surface area contributed by atoms with Gasteiger partial charge in [-0.25, -0.2) is 0 Å². The number of rotatable bonds is 2. The highest BCUT2D eigenvalue weighted by molar-refractivity contribution is 7.99. The third-order valence-corrected chi connectivity index (χ3v) is 4.96. The van der Waals surface area contributed by atoms with Crippen molar-refractivity contribution in [2.45, 2.75) is 25.8 Å². The van der Waals surface area contributed by atoms with Gasteiger partial charge in [-0.2, -0.15) is 17.0 Å². The second-order valence-corrected chi connectivity index (χ2v) is 7.09. The normalized spacial score (nSPS) is 26.3. The Balaban J connectivity index is 2.21. The van der Waals surface area contributed by atoms with Crippen LogP contribution in [0.25, 0.3) is 0 Å². The SMILES string of the molecule is CC1(C)CSCC(C#N)(Nc2cccc(Cl)c2)C1. The summed E-state index contributed by atoms with van der Waals surface area (Å²) < 4.78 is 0. The van der Waals surface area contributed by atoms with Crippen LogP contribution in [-0.4, -0.2) is 17.0 Å². The maximum atomic E-state index is 9.55. The van der Waals surface area contributed by atoms with E-state index in [0.717, 1.165) is 23.6 Å². The molecule has 1 aromatic rings. The van der Waals surface area contributed by atoms with E-state index in [2.05, 4.69) is 25.2 Å². The van der Waals surface area contributed by atoms with E-state index in [1.54, 1.807) is 0 Å². The van der Waals surface area contributed by atoms with E-state index in [-0.39, 0.29) is 5.41 Å². The molecule has 18 heavy (non-hydrogen) atoms. The molecule has 1 heterocycles. The minimum absolute atomic E-state index is 0.185. The quantitative estimate of drug-likeness (QED) is 0.883. The number of nitrogens with one attached hydrogen (secondary N) is 1. The standard InChI is InChI=1S/C14H17ClN2S/c1-13(2)7-14(8-16,10-18-9-13)17-12-5-3-4-11(15)6-12/h3-6,17H,7,9-10H2,1-2H3. The van der Waals surface area contributed by atoms with Gasteiger partial charge >= 0.3 is 0 Å². The first-order valence-corrected chi connectivity index (χ1v) is 7.51. The highest BCUT2D eigenvalue weighted by Gasteiger charge is 2.40. The highest BCUT2D eigenvalue weighted by atomic mass is 35.5. The third-order valence-electron chi connectivity index (χ3n) is 3.04. The molecule has 1 fully saturated rings. The van der Waals surface area contributed by atoms with E-state index < -0.39 is 5.54 Å². The first kappa shape index (κ1) is 13.6. The van der Waals surface area contributed by atoms with Crippen LogP contribution in [0.5, 0.6) is 0 Å². The second-order valence-electron chi connectivity index (χ2n) is 5.66. The number of benzene rings is 1. The average molecular weight is 281 g/mol. The molecule has 1 atom stereocenters. The number of hydrogen-bond acceptors (Lipinski definition) is 3. The zero-order valence-corrected chi connectivity index (χ0v) is 12.2. The number of halogens is 1. The molecule has 96 valence electrons. The monoisotopic (exact) mass is 280 g/mol. The summed E-state index contributed by atoms with van der Waals surface area (Å²) in [5, 5.41) is 13.6. The van der Waals surface area contributed by atoms with Crippen molar-refractivity contribution >= 4 is 29.1 Å². The second kappa shape index (κ2) is 5.03. The van der Waals surface area contributed by atoms with Crippen molar-refractivity contribution in [1.29, 1.82) is 5.26 Å². The van der Waals surface area contributed by atoms with Crippen molar-refractivity contribution in [2.75, 3.05) is 16.8 Å². The maximum absolute atomic E-state index is 9.55. The van der Waals surface area contributed by atoms with Gasteiger partial charge in [0.2, 0.25) is 0 Å². The molecule has 0 aromatic heterocycles. The Hall–Kier alpha value is -0.850. The molecule has 2 nitrogen and oxygen atoms in total. The van der Waals surface area contributed by atoms with Crippen LogP contribution < -0.4 is 5.32 Å². The van der Waals surface area contributed by atoms with Gasteiger partial charge in [-0.1, -0.05) is 31.5 Å². The molecule has 1 N–H and O–H groups in total. The summed E-state index contributed by atoms with van der Waals surface area (Å²) in [5.41, 5.74) is 0.615. The number of anilines is 1. The van der Waals surface area contributed by atoms with E-state index in [1.807, 2.05) is 36.0 Å². The first-order chi connectivity index (χ1) is 8.45. The molecule has 0 spiro atoms. The predicted molar refractivity (Wildman–Crippen MR) is 79.1 cm³/mol. The lowest BCUT2D eigenvalue weighted by molar-refractivity contribution is 0.324. The highest BCUT2D eigenvalue weighted by Crippen LogP contribution is 2.40. The van der Waals surface area contributed by atoms with Gasteiger partial charge in [0.1, 0.15) is 5.54 Å². The molecule has 0 bridgehead atoms. The zero-order chi connectivity index (χ0) is 13.2. The van der Waals surface area contributed by atoms with E-state index in [0.29, 0.717) is 5.02 Å². The van der Waals surface area contributed by atoms with E-state index in [9.17, 15) is 5.26 Å². The summed E-state index contributed by atoms with van der Waals surface area (Å²) in [4.78, 5) is 0. The zero-order valence-electron chi connectivity index (χ0n) is 10.7. The average Bonchev–Trinajstić information content (AvgIpc) is 2.27. The van der Waals surface area contributed by atoms with Crippen molar-refractivity contribution in [3.05, 3.63) is 29.3 Å². The van der Waals surface area contributed by atoms with Gasteiger partial charge in [-0.05, 0) is 35.8 Å². The summed E-state index contributed by atoms with van der Waals surface area (Å²) in [7, 11) is 0. The molecule has 1 saturated heterocycles. The van der Waals surface area contributed by atoms with Gasteiger partial charge in [-0.3, -0.25) is 0 Å². The van der Waals surface area contributed by atoms with Crippen LogP contribution in [0, 0.1) is 16.7 Å². The minimum Gasteiger partial charge on any atom is -0.367 e. The molecular weight excluding hydrogens is 264 g/mol. The third kappa shape index (κ3) is 3.13. The topological polar surface area (TPSA) is 35.8 Å². The molecule has 4 heteroatoms. The van der Waals surface area contributed by atoms with Gasteiger partial charge in [-0.15, -0.1) is 0 Å². The van der Waals surface area contributed by atoms with Crippen LogP contribution in [-0.2, 0) is 0 Å². The van der Waals surface area contributed by atoms with Crippen LogP contribution in [0.15, 0.2) is 24.3 Å². The first-order valence-electron chi connectivity index (χ1n) is 5.98. The summed E-state index contributed by atoms with van der Waals surface area (Å²) in [6.45, 7) is 4.43. The molecule has 0 amide bonds. The fraction of sp³-hybridized carbons (Fsp3) is 0.500. The maximum Gasteiger partial charge on any atom is 0.135 e. The lowest BCUT2D eigenvalue weighted by Crippen LogP contribution is -2.47. The van der Waals surface area contributed by atoms with Crippen molar-refractivity contribution in [1.82, 2.24) is 0 Å². The number of nitriles is 1. The van der Waals surface area contributed by atoms with Crippen LogP contribution in [0.1, 0.15) is 20.3 Å². The van der Waals surface area contributed by atoms with Crippen LogP contribution in [0.4, 0.5) is 5.69 Å². The summed E-state index contributed by atoms with van der Waals surface area (Å²) in [5.74, 6) is 1.92. The molecule has 2 rings (SSSR count). The van der Waals surface area contributed by atoms with E-state index in [4.69, 9.17) is 11.6 Å². The fourth-order valence-electron chi connectivity index (χ4n) is 2.44. The molecule has 1 unspecified atom stereocenters. The molecule has 1 aliphatic rings. The Labute approximate surface area is 118 Å². The van der Waals surface area contributed by atoms with E-state index >= 15 is 0 Å². The lowest BCUT2D eigenvalue weighted by atomic mass is 9.80. The van der Waals surface area contributed by atoms with Crippen LogP contribution in [0.3, 0.4) is 0 Å². The summed E-state index contributed by atoms with van der Waals surface area (Å²) in [6.07, 6.45) is 0.857. The summed E-state index contributed by atoms with van der Waals surface area (Å²) in [6, 6.07) is 10.0. The summed E-state index contributed by atoms with van der Waals surface area (Å²) >= 11 is 7.82. The minimum atomic E-state index is -0.489. The molecule has 1 aliphatic heterocycles. The molecule has 1 aromatic carbocycles. The van der Waals surface area contributed by atoms with Gasteiger partial charge in [0.15, 0.2) is 0 Å². The van der Waals surface area contributed by atoms with Crippen LogP contribution in [0.2, 0.25) is 5.02 Å². The Morgan fingerprint density at radius 1 is 1.39 bits per heavy atom. The van der Waals surface area contributed by atoms with Gasteiger partial charge < -0.3 is 5.32 Å². The fourth-order valence-corrected chi connectivity index (χ4v) is 3.98. The van der Waals surface area contributed by atoms with Crippen LogP contribution >= 0.6 is 23.4 Å². The number of thioether (sulfide) groups is 1. The Kier molecular flexibility index (Phi) is 3.79. The molecular formula is C14H17ClN2S. The van der Waals surface area contributed by atoms with Crippen molar-refractivity contribution < 1.29 is 0 Å². The number of nitrogens with zero attached hydrogens (tertiary/aromatic N) is 1. The van der Waals surface area contributed by atoms with Gasteiger partial charge in [0, 0.05) is 16.5 Å². The lowest BCUT2D eigenvalue weighted by Gasteiger charge is -2.41.